The second-order valence-electron chi connectivity index (χ2n) is 19.5. The lowest BCUT2D eigenvalue weighted by Crippen LogP contribution is -2.64. The number of amides is 1. The Balaban J connectivity index is 1.98. The maximum absolute atomic E-state index is 14.0. The number of carbonyl (C=O) groups is 2. The molecule has 0 saturated carbocycles. The summed E-state index contributed by atoms with van der Waals surface area (Å²) in [6.45, 7) is 3.96. The van der Waals surface area contributed by atoms with Crippen LogP contribution >= 0.6 is 0 Å². The van der Waals surface area contributed by atoms with Crippen molar-refractivity contribution in [3.63, 3.8) is 0 Å². The van der Waals surface area contributed by atoms with Crippen LogP contribution in [0.15, 0.2) is 85.1 Å². The normalized spacial score (nSPS) is 42.4. The van der Waals surface area contributed by atoms with Crippen molar-refractivity contribution in [2.75, 3.05) is 19.8 Å². The van der Waals surface area contributed by atoms with Gasteiger partial charge in [-0.05, 0) is 33.1 Å². The summed E-state index contributed by atoms with van der Waals surface area (Å²) < 4.78 is 23.5. The SMILES string of the molecule is C[C@@H]1[C@H](O)[C@@H](C)/C=C/C=C/C=C/C=C/C=C/C=C/C=C/[C@H](O[C@@H]2O[C@H](C)[C@@H](O)[C@H](N)[C@H]2O)C[C@@H]2O[C@](O)(C[C@@H](O)C[C@@H](O)[C@H](O)CC[C@@H](O)C[C@@H](O)CC(=O)O[C@H]1C)C[C@H](O)[C@H]2C(=O)NC(CO)(CO)CO. The molecule has 1 amide bonds. The van der Waals surface area contributed by atoms with E-state index in [0.29, 0.717) is 0 Å². The van der Waals surface area contributed by atoms with Crippen LogP contribution in [0.25, 0.3) is 0 Å². The first-order chi connectivity index (χ1) is 34.0. The van der Waals surface area contributed by atoms with Gasteiger partial charge in [0.15, 0.2) is 12.1 Å². The fourth-order valence-electron chi connectivity index (χ4n) is 8.60. The summed E-state index contributed by atoms with van der Waals surface area (Å²) in [6, 6.07) is -1.20. The van der Waals surface area contributed by atoms with Gasteiger partial charge in [-0.25, -0.2) is 0 Å². The van der Waals surface area contributed by atoms with Crippen molar-refractivity contribution in [2.24, 2.45) is 23.5 Å². The summed E-state index contributed by atoms with van der Waals surface area (Å²) in [7, 11) is 0. The van der Waals surface area contributed by atoms with Crippen molar-refractivity contribution in [3.05, 3.63) is 85.1 Å². The summed E-state index contributed by atoms with van der Waals surface area (Å²) in [5.41, 5.74) is 4.14. The summed E-state index contributed by atoms with van der Waals surface area (Å²) in [6.07, 6.45) is 2.19. The average Bonchev–Trinajstić information content (AvgIpc) is 3.31. The monoisotopic (exact) mass is 1030 g/mol. The Morgan fingerprint density at radius 2 is 1.24 bits per heavy atom. The second kappa shape index (κ2) is 30.7. The van der Waals surface area contributed by atoms with E-state index in [2.05, 4.69) is 5.32 Å². The Kier molecular flexibility index (Phi) is 26.8. The van der Waals surface area contributed by atoms with E-state index in [1.165, 1.54) is 13.0 Å². The van der Waals surface area contributed by atoms with Gasteiger partial charge in [-0.2, -0.15) is 0 Å². The molecular formula is C51H82N2O19. The molecular weight excluding hydrogens is 945 g/mol. The van der Waals surface area contributed by atoms with E-state index >= 15 is 0 Å². The van der Waals surface area contributed by atoms with Crippen molar-refractivity contribution in [1.82, 2.24) is 5.32 Å². The predicted molar refractivity (Wildman–Crippen MR) is 261 cm³/mol. The maximum atomic E-state index is 14.0. The number of esters is 1. The number of nitrogens with one attached hydrogen (secondary N) is 1. The maximum Gasteiger partial charge on any atom is 0.308 e. The number of aliphatic hydroxyl groups excluding tert-OH is 12. The van der Waals surface area contributed by atoms with E-state index in [1.807, 2.05) is 13.0 Å². The van der Waals surface area contributed by atoms with Crippen molar-refractivity contribution in [3.8, 4) is 0 Å². The predicted octanol–water partition coefficient (Wildman–Crippen LogP) is -1.54. The molecule has 0 radical (unpaired) electrons. The lowest BCUT2D eigenvalue weighted by Gasteiger charge is -2.46. The van der Waals surface area contributed by atoms with Gasteiger partial charge in [0.2, 0.25) is 5.91 Å². The van der Waals surface area contributed by atoms with Gasteiger partial charge in [-0.1, -0.05) is 98.9 Å². The molecule has 410 valence electrons. The number of carbonyl (C=O) groups excluding carboxylic acids is 2. The molecule has 2 bridgehead atoms. The highest BCUT2D eigenvalue weighted by Gasteiger charge is 2.52. The average molecular weight is 1030 g/mol. The smallest absolute Gasteiger partial charge is 0.308 e. The lowest BCUT2D eigenvalue weighted by atomic mass is 9.81. The zero-order valence-electron chi connectivity index (χ0n) is 41.6. The van der Waals surface area contributed by atoms with E-state index < -0.39 is 179 Å². The van der Waals surface area contributed by atoms with Crippen LogP contribution in [0.5, 0.6) is 0 Å². The zero-order chi connectivity index (χ0) is 53.8. The first-order valence-electron chi connectivity index (χ1n) is 24.6. The molecule has 2 saturated heterocycles. The van der Waals surface area contributed by atoms with Gasteiger partial charge in [-0.3, -0.25) is 9.59 Å². The molecule has 0 unspecified atom stereocenters. The largest absolute Gasteiger partial charge is 0.462 e. The number of hydrogen-bond donors (Lipinski definition) is 15. The van der Waals surface area contributed by atoms with E-state index in [1.54, 1.807) is 86.8 Å². The molecule has 0 spiro atoms. The topological polar surface area (TPSA) is 372 Å². The summed E-state index contributed by atoms with van der Waals surface area (Å²) in [5.74, 6) is -6.55. The number of allylic oxidation sites excluding steroid dienone is 12. The minimum absolute atomic E-state index is 0.138. The third-order valence-corrected chi connectivity index (χ3v) is 13.3. The number of nitrogens with two attached hydrogens (primary N) is 1. The second-order valence-corrected chi connectivity index (χ2v) is 19.5. The van der Waals surface area contributed by atoms with Crippen LogP contribution in [0.1, 0.15) is 79.1 Å². The molecule has 3 aliphatic rings. The van der Waals surface area contributed by atoms with Crippen molar-refractivity contribution < 1.29 is 94.9 Å². The standard InChI is InChI=1S/C51H82N2O19/c1-30-17-15-13-11-9-7-5-6-8-10-12-14-16-18-37(71-49-47(66)44(52)46(65)33(4)70-49)24-41-43(48(67)53-50(27-54,28-55)29-56)40(62)26-51(68,72-41)25-36(59)22-39(61)38(60)20-19-34(57)21-35(58)23-42(63)69-32(3)31(2)45(30)64/h5-18,30-41,43-47,49,54-62,64-66,68H,19-29,52H2,1-4H3,(H,53,67)/b6-5+,9-7+,10-8+,13-11+,14-12+,17-15+,18-16+/t30-,31-,32-,33+,34+,35+,36-,37-,38+,39+,40-,41-,43+,44-,45+,46+,47+,49-,51+/m0/s1. The molecule has 19 atom stereocenters. The van der Waals surface area contributed by atoms with Crippen LogP contribution in [0, 0.1) is 17.8 Å². The van der Waals surface area contributed by atoms with Crippen LogP contribution in [0.2, 0.25) is 0 Å². The number of cyclic esters (lactones) is 1. The summed E-state index contributed by atoms with van der Waals surface area (Å²) in [5, 5.41) is 142. The van der Waals surface area contributed by atoms with E-state index in [4.69, 9.17) is 24.7 Å². The van der Waals surface area contributed by atoms with Gasteiger partial charge in [0, 0.05) is 37.5 Å². The van der Waals surface area contributed by atoms with Gasteiger partial charge in [0.05, 0.1) is 105 Å². The van der Waals surface area contributed by atoms with Crippen LogP contribution in [-0.2, 0) is 28.5 Å². The lowest BCUT2D eigenvalue weighted by molar-refractivity contribution is -0.307. The van der Waals surface area contributed by atoms with Gasteiger partial charge in [0.1, 0.15) is 17.7 Å². The molecule has 0 aromatic heterocycles. The third kappa shape index (κ3) is 19.9. The van der Waals surface area contributed by atoms with Gasteiger partial charge in [-0.15, -0.1) is 0 Å². The van der Waals surface area contributed by atoms with Crippen LogP contribution in [0.3, 0.4) is 0 Å². The highest BCUT2D eigenvalue weighted by molar-refractivity contribution is 5.81. The highest BCUT2D eigenvalue weighted by atomic mass is 16.7. The van der Waals surface area contributed by atoms with Crippen molar-refractivity contribution in [2.45, 2.75) is 182 Å². The Labute approximate surface area is 421 Å². The number of ether oxygens (including phenoxy) is 4. The molecule has 0 aromatic carbocycles. The third-order valence-electron chi connectivity index (χ3n) is 13.3. The number of rotatable bonds is 7. The molecule has 21 nitrogen and oxygen atoms in total. The van der Waals surface area contributed by atoms with Crippen LogP contribution in [0.4, 0.5) is 0 Å². The fraction of sp³-hybridized carbons (Fsp3) is 0.686. The molecule has 2 fully saturated rings. The first-order valence-corrected chi connectivity index (χ1v) is 24.6. The van der Waals surface area contributed by atoms with Crippen molar-refractivity contribution >= 4 is 11.9 Å². The fourth-order valence-corrected chi connectivity index (χ4v) is 8.60. The van der Waals surface area contributed by atoms with Crippen LogP contribution < -0.4 is 11.1 Å². The Bertz CT molecular complexity index is 1830. The molecule has 72 heavy (non-hydrogen) atoms. The quantitative estimate of drug-likeness (QED) is 0.129. The number of hydrogen-bond acceptors (Lipinski definition) is 20. The van der Waals surface area contributed by atoms with Gasteiger partial charge in [0.25, 0.3) is 0 Å². The van der Waals surface area contributed by atoms with E-state index in [0.717, 1.165) is 0 Å². The summed E-state index contributed by atoms with van der Waals surface area (Å²) in [4.78, 5) is 26.6. The molecule has 3 rings (SSSR count). The first kappa shape index (κ1) is 62.7. The number of aliphatic hydroxyl groups is 13. The molecule has 0 aliphatic carbocycles. The molecule has 0 aromatic rings. The minimum Gasteiger partial charge on any atom is -0.462 e. The minimum atomic E-state index is -2.42. The van der Waals surface area contributed by atoms with E-state index in [9.17, 15) is 76.0 Å². The Morgan fingerprint density at radius 3 is 1.81 bits per heavy atom. The highest BCUT2D eigenvalue weighted by Crippen LogP contribution is 2.38. The summed E-state index contributed by atoms with van der Waals surface area (Å²) >= 11 is 0. The van der Waals surface area contributed by atoms with E-state index in [-0.39, 0.29) is 25.2 Å². The van der Waals surface area contributed by atoms with Gasteiger partial charge >= 0.3 is 5.97 Å². The molecule has 3 aliphatic heterocycles. The van der Waals surface area contributed by atoms with Gasteiger partial charge < -0.3 is 96.4 Å². The van der Waals surface area contributed by atoms with Crippen LogP contribution in [-0.4, -0.2) is 201 Å². The Hall–Kier alpha value is -3.56. The number of fused-ring (bicyclic) bond motifs is 2. The molecule has 3 heterocycles. The molecule has 21 heteroatoms. The Morgan fingerprint density at radius 1 is 0.681 bits per heavy atom. The van der Waals surface area contributed by atoms with Crippen molar-refractivity contribution in [1.29, 1.82) is 0 Å². The zero-order valence-corrected chi connectivity index (χ0v) is 41.6. The molecule has 16 N–H and O–H groups in total.